The van der Waals surface area contributed by atoms with Crippen LogP contribution in [-0.4, -0.2) is 28.0 Å². The molecule has 0 bridgehead atoms. The third-order valence-electron chi connectivity index (χ3n) is 5.18. The minimum Gasteiger partial charge on any atom is -0.467 e. The van der Waals surface area contributed by atoms with Crippen LogP contribution < -0.4 is 5.32 Å². The van der Waals surface area contributed by atoms with Crippen molar-refractivity contribution in [3.05, 3.63) is 68.4 Å². The number of aromatic nitrogens is 2. The summed E-state index contributed by atoms with van der Waals surface area (Å²) >= 11 is 2.78. The molecule has 0 aliphatic rings. The number of nitrogens with zero attached hydrogens (tertiary/aromatic N) is 3. The number of thiazole rings is 1. The van der Waals surface area contributed by atoms with Crippen molar-refractivity contribution in [3.63, 3.8) is 0 Å². The molecule has 10 heteroatoms. The van der Waals surface area contributed by atoms with Crippen LogP contribution in [0, 0.1) is 32.1 Å². The van der Waals surface area contributed by atoms with E-state index in [1.165, 1.54) is 11.3 Å². The Kier molecular flexibility index (Phi) is 6.44. The fourth-order valence-electron chi connectivity index (χ4n) is 3.35. The van der Waals surface area contributed by atoms with E-state index in [-0.39, 0.29) is 0 Å². The molecule has 0 aliphatic heterocycles. The number of amides is 1. The molecule has 0 aliphatic carbocycles. The molecule has 33 heavy (non-hydrogen) atoms. The van der Waals surface area contributed by atoms with Crippen molar-refractivity contribution in [1.82, 2.24) is 9.55 Å². The van der Waals surface area contributed by atoms with E-state index in [0.29, 0.717) is 34.3 Å². The summed E-state index contributed by atoms with van der Waals surface area (Å²) in [6.07, 6.45) is 1.56. The van der Waals surface area contributed by atoms with Crippen LogP contribution in [0.15, 0.2) is 39.6 Å². The van der Waals surface area contributed by atoms with E-state index < -0.39 is 18.5 Å². The number of carbonyl (C=O) groups is 2. The summed E-state index contributed by atoms with van der Waals surface area (Å²) in [5.41, 5.74) is 3.44. The van der Waals surface area contributed by atoms with Crippen LogP contribution in [0.25, 0.3) is 10.6 Å². The summed E-state index contributed by atoms with van der Waals surface area (Å²) in [5, 5.41) is 17.0. The molecule has 0 radical (unpaired) electrons. The van der Waals surface area contributed by atoms with Gasteiger partial charge in [0.25, 0.3) is 5.91 Å². The highest BCUT2D eigenvalue weighted by Gasteiger charge is 2.22. The zero-order valence-corrected chi connectivity index (χ0v) is 19.8. The van der Waals surface area contributed by atoms with E-state index in [1.807, 2.05) is 36.7 Å². The fourth-order valence-corrected chi connectivity index (χ4v) is 5.02. The molecule has 1 N–H and O–H groups in total. The van der Waals surface area contributed by atoms with Crippen LogP contribution in [0.2, 0.25) is 0 Å². The Bertz CT molecular complexity index is 1340. The third kappa shape index (κ3) is 4.60. The lowest BCUT2D eigenvalue weighted by Crippen LogP contribution is -2.23. The molecular weight excluding hydrogens is 460 g/mol. The summed E-state index contributed by atoms with van der Waals surface area (Å²) < 4.78 is 12.5. The van der Waals surface area contributed by atoms with Gasteiger partial charge in [-0.15, -0.1) is 11.3 Å². The van der Waals surface area contributed by atoms with Crippen molar-refractivity contribution in [3.8, 4) is 16.6 Å². The lowest BCUT2D eigenvalue weighted by molar-refractivity contribution is -0.119. The summed E-state index contributed by atoms with van der Waals surface area (Å²) in [6.45, 7) is 5.28. The smallest absolute Gasteiger partial charge is 0.350 e. The molecule has 168 valence electrons. The quantitative estimate of drug-likeness (QED) is 0.377. The minimum absolute atomic E-state index is 0.346. The molecule has 0 spiro atoms. The number of nitriles is 1. The van der Waals surface area contributed by atoms with Gasteiger partial charge in [-0.25, -0.2) is 9.78 Å². The first kappa shape index (κ1) is 22.5. The molecule has 0 saturated heterocycles. The van der Waals surface area contributed by atoms with Crippen molar-refractivity contribution < 1.29 is 18.7 Å². The maximum Gasteiger partial charge on any atom is 0.350 e. The Morgan fingerprint density at radius 3 is 2.79 bits per heavy atom. The first-order valence-corrected chi connectivity index (χ1v) is 11.7. The van der Waals surface area contributed by atoms with Gasteiger partial charge in [-0.05, 0) is 49.9 Å². The number of anilines is 1. The Morgan fingerprint density at radius 2 is 2.12 bits per heavy atom. The average Bonchev–Trinajstić information content (AvgIpc) is 3.59. The molecule has 4 heterocycles. The molecule has 8 nitrogen and oxygen atoms in total. The monoisotopic (exact) mass is 480 g/mol. The van der Waals surface area contributed by atoms with Gasteiger partial charge in [0.15, 0.2) is 6.61 Å². The summed E-state index contributed by atoms with van der Waals surface area (Å²) in [4.78, 5) is 30.0. The van der Waals surface area contributed by atoms with Crippen LogP contribution in [-0.2, 0) is 16.1 Å². The summed E-state index contributed by atoms with van der Waals surface area (Å²) in [7, 11) is 0. The van der Waals surface area contributed by atoms with Crippen LogP contribution in [0.1, 0.15) is 37.9 Å². The minimum atomic E-state index is -0.611. The summed E-state index contributed by atoms with van der Waals surface area (Å²) in [6, 6.07) is 7.66. The predicted molar refractivity (Wildman–Crippen MR) is 126 cm³/mol. The molecule has 4 aromatic heterocycles. The van der Waals surface area contributed by atoms with Crippen LogP contribution in [0.5, 0.6) is 0 Å². The van der Waals surface area contributed by atoms with Crippen LogP contribution >= 0.6 is 22.7 Å². The summed E-state index contributed by atoms with van der Waals surface area (Å²) in [5.74, 6) is -0.126. The lowest BCUT2D eigenvalue weighted by Gasteiger charge is -2.12. The van der Waals surface area contributed by atoms with Gasteiger partial charge in [0.2, 0.25) is 0 Å². The van der Waals surface area contributed by atoms with E-state index in [4.69, 9.17) is 9.15 Å². The number of furan rings is 1. The van der Waals surface area contributed by atoms with E-state index in [0.717, 1.165) is 21.8 Å². The van der Waals surface area contributed by atoms with Crippen LogP contribution in [0.4, 0.5) is 5.82 Å². The van der Waals surface area contributed by atoms with Crippen molar-refractivity contribution in [2.24, 2.45) is 0 Å². The van der Waals surface area contributed by atoms with Gasteiger partial charge in [-0.3, -0.25) is 4.79 Å². The Balaban J connectivity index is 1.47. The van der Waals surface area contributed by atoms with Crippen molar-refractivity contribution in [2.75, 3.05) is 11.9 Å². The van der Waals surface area contributed by atoms with Gasteiger partial charge >= 0.3 is 5.97 Å². The standard InChI is InChI=1S/C23H20N4O4S2/c1-13-15(3)27(10-17-5-4-7-30-17)21(18(13)9-24)26-19(28)11-31-23(29)20-14(2)25-22(33-20)16-6-8-32-12-16/h4-8,12H,10-11H2,1-3H3,(H,26,28). The number of hydrogen-bond acceptors (Lipinski definition) is 8. The van der Waals surface area contributed by atoms with Gasteiger partial charge in [0.1, 0.15) is 27.5 Å². The molecule has 0 atom stereocenters. The highest BCUT2D eigenvalue weighted by atomic mass is 32.1. The van der Waals surface area contributed by atoms with Crippen LogP contribution in [0.3, 0.4) is 0 Å². The molecule has 1 amide bonds. The predicted octanol–water partition coefficient (Wildman–Crippen LogP) is 4.91. The first-order valence-electron chi connectivity index (χ1n) is 9.98. The maximum absolute atomic E-state index is 12.6. The third-order valence-corrected chi connectivity index (χ3v) is 7.05. The molecule has 0 unspecified atom stereocenters. The average molecular weight is 481 g/mol. The zero-order chi connectivity index (χ0) is 23.5. The molecule has 4 rings (SSSR count). The number of thiophene rings is 1. The topological polar surface area (TPSA) is 110 Å². The van der Waals surface area contributed by atoms with Crippen molar-refractivity contribution in [2.45, 2.75) is 27.3 Å². The Morgan fingerprint density at radius 1 is 1.30 bits per heavy atom. The zero-order valence-electron chi connectivity index (χ0n) is 18.2. The Hall–Kier alpha value is -3.68. The number of esters is 1. The van der Waals surface area contributed by atoms with Gasteiger partial charge < -0.3 is 19.0 Å². The molecular formula is C23H20N4O4S2. The van der Waals surface area contributed by atoms with Crippen molar-refractivity contribution >= 4 is 40.4 Å². The second kappa shape index (κ2) is 9.44. The number of carbonyl (C=O) groups excluding carboxylic acids is 2. The first-order chi connectivity index (χ1) is 15.9. The molecule has 4 aromatic rings. The fraction of sp³-hybridized carbons (Fsp3) is 0.217. The van der Waals surface area contributed by atoms with Gasteiger partial charge in [-0.1, -0.05) is 0 Å². The van der Waals surface area contributed by atoms with E-state index >= 15 is 0 Å². The number of hydrogen-bond donors (Lipinski definition) is 1. The molecule has 0 aromatic carbocycles. The number of ether oxygens (including phenoxy) is 1. The highest BCUT2D eigenvalue weighted by molar-refractivity contribution is 7.17. The van der Waals surface area contributed by atoms with Gasteiger partial charge in [-0.2, -0.15) is 16.6 Å². The molecule has 0 saturated carbocycles. The van der Waals surface area contributed by atoms with E-state index in [2.05, 4.69) is 16.4 Å². The van der Waals surface area contributed by atoms with Crippen molar-refractivity contribution in [1.29, 1.82) is 5.26 Å². The number of aryl methyl sites for hydroxylation is 1. The largest absolute Gasteiger partial charge is 0.467 e. The number of rotatable bonds is 7. The maximum atomic E-state index is 12.6. The second-order valence-electron chi connectivity index (χ2n) is 7.28. The molecule has 0 fully saturated rings. The van der Waals surface area contributed by atoms with E-state index in [1.54, 1.807) is 35.2 Å². The number of nitrogens with one attached hydrogen (secondary N) is 1. The normalized spacial score (nSPS) is 10.7. The van der Waals surface area contributed by atoms with Gasteiger partial charge in [0.05, 0.1) is 24.1 Å². The highest BCUT2D eigenvalue weighted by Crippen LogP contribution is 2.30. The van der Waals surface area contributed by atoms with Gasteiger partial charge in [0, 0.05) is 16.6 Å². The lowest BCUT2D eigenvalue weighted by atomic mass is 10.2. The van der Waals surface area contributed by atoms with E-state index in [9.17, 15) is 14.9 Å². The SMILES string of the molecule is Cc1nc(-c2ccsc2)sc1C(=O)OCC(=O)Nc1c(C#N)c(C)c(C)n1Cc1ccco1. The second-order valence-corrected chi connectivity index (χ2v) is 9.06. The Labute approximate surface area is 198 Å².